The molecule has 2 aliphatic rings. The van der Waals surface area contributed by atoms with Crippen molar-refractivity contribution < 1.29 is 0 Å². The first kappa shape index (κ1) is 14.2. The average Bonchev–Trinajstić information content (AvgIpc) is 2.84. The molecule has 0 radical (unpaired) electrons. The van der Waals surface area contributed by atoms with Gasteiger partial charge in [0.2, 0.25) is 0 Å². The molecule has 0 amide bonds. The zero-order chi connectivity index (χ0) is 14.7. The summed E-state index contributed by atoms with van der Waals surface area (Å²) in [5, 5.41) is 0. The van der Waals surface area contributed by atoms with Crippen molar-refractivity contribution in [2.45, 2.75) is 26.7 Å². The monoisotopic (exact) mass is 292 g/mol. The smallest absolute Gasteiger partial charge is 0.0157 e. The van der Waals surface area contributed by atoms with Crippen LogP contribution in [-0.4, -0.2) is 0 Å². The van der Waals surface area contributed by atoms with Crippen LogP contribution < -0.4 is 0 Å². The van der Waals surface area contributed by atoms with Gasteiger partial charge in [0.05, 0.1) is 0 Å². The fraction of sp³-hybridized carbons (Fsp3) is 0.200. The minimum Gasteiger partial charge on any atom is -0.0945 e. The fourth-order valence-corrected chi connectivity index (χ4v) is 3.76. The van der Waals surface area contributed by atoms with Gasteiger partial charge in [0, 0.05) is 4.91 Å². The molecule has 0 N–H and O–H groups in total. The molecule has 1 heteroatoms. The van der Waals surface area contributed by atoms with Gasteiger partial charge in [-0.25, -0.2) is 0 Å². The van der Waals surface area contributed by atoms with Gasteiger partial charge in [-0.2, -0.15) is 0 Å². The van der Waals surface area contributed by atoms with Crippen molar-refractivity contribution in [3.63, 3.8) is 0 Å². The Kier molecular flexibility index (Phi) is 4.31. The third kappa shape index (κ3) is 3.14. The van der Waals surface area contributed by atoms with E-state index < -0.39 is 0 Å². The van der Waals surface area contributed by atoms with Crippen LogP contribution in [0.1, 0.15) is 32.3 Å². The van der Waals surface area contributed by atoms with Crippen molar-refractivity contribution in [3.05, 3.63) is 87.2 Å². The highest BCUT2D eigenvalue weighted by Gasteiger charge is 2.20. The second kappa shape index (κ2) is 6.36. The van der Waals surface area contributed by atoms with Gasteiger partial charge in [0.1, 0.15) is 0 Å². The fourth-order valence-electron chi connectivity index (χ4n) is 2.79. The zero-order valence-electron chi connectivity index (χ0n) is 12.6. The maximum absolute atomic E-state index is 2.39. The van der Waals surface area contributed by atoms with Crippen LogP contribution in [-0.2, 0) is 0 Å². The standard InChI is InChI=1S/C20H20S/c1-3-16-13-18(17-10-5-4-6-11-17)14-19(16)20-12-8-7-9-15(2)21-20/h4-13H,3,14H2,1-2H3. The molecule has 106 valence electrons. The summed E-state index contributed by atoms with van der Waals surface area (Å²) in [4.78, 5) is 2.75. The number of rotatable bonds is 3. The first-order valence-electron chi connectivity index (χ1n) is 7.49. The van der Waals surface area contributed by atoms with E-state index in [4.69, 9.17) is 0 Å². The van der Waals surface area contributed by atoms with E-state index in [0.717, 1.165) is 12.8 Å². The summed E-state index contributed by atoms with van der Waals surface area (Å²) in [6.45, 7) is 4.43. The van der Waals surface area contributed by atoms with Crippen LogP contribution in [0.3, 0.4) is 0 Å². The Morgan fingerprint density at radius 3 is 2.57 bits per heavy atom. The molecule has 0 nitrogen and oxygen atoms in total. The Hall–Kier alpha value is -1.73. The van der Waals surface area contributed by atoms with Gasteiger partial charge in [-0.05, 0) is 53.0 Å². The molecule has 0 unspecified atom stereocenters. The molecule has 1 aliphatic heterocycles. The number of benzene rings is 1. The highest BCUT2D eigenvalue weighted by molar-refractivity contribution is 8.06. The summed E-state index contributed by atoms with van der Waals surface area (Å²) in [5.74, 6) is 0. The second-order valence-electron chi connectivity index (χ2n) is 5.36. The largest absolute Gasteiger partial charge is 0.0945 e. The van der Waals surface area contributed by atoms with E-state index in [2.05, 4.69) is 74.6 Å². The van der Waals surface area contributed by atoms with E-state index in [-0.39, 0.29) is 0 Å². The van der Waals surface area contributed by atoms with Gasteiger partial charge < -0.3 is 0 Å². The van der Waals surface area contributed by atoms with Gasteiger partial charge in [0.15, 0.2) is 0 Å². The van der Waals surface area contributed by atoms with Gasteiger partial charge in [-0.15, -0.1) is 0 Å². The Balaban J connectivity index is 1.90. The summed E-state index contributed by atoms with van der Waals surface area (Å²) in [7, 11) is 0. The summed E-state index contributed by atoms with van der Waals surface area (Å²) >= 11 is 1.89. The molecule has 0 aromatic heterocycles. The zero-order valence-corrected chi connectivity index (χ0v) is 13.4. The van der Waals surface area contributed by atoms with E-state index in [1.165, 1.54) is 32.1 Å². The minimum absolute atomic E-state index is 1.05. The van der Waals surface area contributed by atoms with E-state index in [1.54, 1.807) is 0 Å². The van der Waals surface area contributed by atoms with E-state index in [1.807, 2.05) is 11.8 Å². The summed E-state index contributed by atoms with van der Waals surface area (Å²) < 4.78 is 0. The Morgan fingerprint density at radius 2 is 1.81 bits per heavy atom. The van der Waals surface area contributed by atoms with Crippen LogP contribution in [0, 0.1) is 0 Å². The van der Waals surface area contributed by atoms with Crippen LogP contribution in [0.4, 0.5) is 0 Å². The third-order valence-electron chi connectivity index (χ3n) is 3.89. The lowest BCUT2D eigenvalue weighted by Gasteiger charge is -2.11. The van der Waals surface area contributed by atoms with E-state index in [0.29, 0.717) is 0 Å². The van der Waals surface area contributed by atoms with Crippen molar-refractivity contribution in [2.75, 3.05) is 0 Å². The molecule has 0 spiro atoms. The Morgan fingerprint density at radius 1 is 1.05 bits per heavy atom. The lowest BCUT2D eigenvalue weighted by Crippen LogP contribution is -1.88. The van der Waals surface area contributed by atoms with Crippen LogP contribution in [0.25, 0.3) is 5.57 Å². The van der Waals surface area contributed by atoms with Crippen LogP contribution in [0.2, 0.25) is 0 Å². The topological polar surface area (TPSA) is 0 Å². The highest BCUT2D eigenvalue weighted by atomic mass is 32.2. The molecular weight excluding hydrogens is 272 g/mol. The van der Waals surface area contributed by atoms with Crippen molar-refractivity contribution in [1.29, 1.82) is 0 Å². The van der Waals surface area contributed by atoms with Crippen molar-refractivity contribution in [1.82, 2.24) is 0 Å². The molecule has 0 saturated heterocycles. The van der Waals surface area contributed by atoms with Gasteiger partial charge in [-0.3, -0.25) is 0 Å². The first-order chi connectivity index (χ1) is 10.3. The lowest BCUT2D eigenvalue weighted by molar-refractivity contribution is 1.12. The second-order valence-corrected chi connectivity index (χ2v) is 6.65. The van der Waals surface area contributed by atoms with Crippen molar-refractivity contribution in [2.24, 2.45) is 0 Å². The average molecular weight is 292 g/mol. The predicted octanol–water partition coefficient (Wildman–Crippen LogP) is 6.27. The normalized spacial score (nSPS) is 18.3. The van der Waals surface area contributed by atoms with E-state index >= 15 is 0 Å². The van der Waals surface area contributed by atoms with Crippen molar-refractivity contribution in [3.8, 4) is 0 Å². The molecule has 0 atom stereocenters. The molecule has 1 aromatic rings. The van der Waals surface area contributed by atoms with Crippen LogP contribution in [0.15, 0.2) is 81.7 Å². The number of hydrogen-bond acceptors (Lipinski definition) is 1. The molecule has 0 saturated carbocycles. The maximum Gasteiger partial charge on any atom is 0.0157 e. The third-order valence-corrected chi connectivity index (χ3v) is 4.95. The van der Waals surface area contributed by atoms with E-state index in [9.17, 15) is 0 Å². The SMILES string of the molecule is CCC1=C(C2=CC=CC=C(C)S2)CC(c2ccccc2)=C1. The molecule has 3 rings (SSSR count). The maximum atomic E-state index is 2.39. The Bertz CT molecular complexity index is 682. The van der Waals surface area contributed by atoms with Crippen molar-refractivity contribution >= 4 is 17.3 Å². The molecule has 1 heterocycles. The minimum atomic E-state index is 1.05. The Labute approximate surface area is 131 Å². The number of allylic oxidation sites excluding steroid dienone is 9. The summed E-state index contributed by atoms with van der Waals surface area (Å²) in [5.41, 5.74) is 5.77. The van der Waals surface area contributed by atoms with Crippen LogP contribution in [0.5, 0.6) is 0 Å². The quantitative estimate of drug-likeness (QED) is 0.632. The molecule has 1 aromatic carbocycles. The van der Waals surface area contributed by atoms with Gasteiger partial charge in [0.25, 0.3) is 0 Å². The summed E-state index contributed by atoms with van der Waals surface area (Å²) in [6, 6.07) is 10.7. The molecule has 0 bridgehead atoms. The molecule has 21 heavy (non-hydrogen) atoms. The number of thioether (sulfide) groups is 1. The molecule has 1 aliphatic carbocycles. The molecular formula is C20H20S. The highest BCUT2D eigenvalue weighted by Crippen LogP contribution is 2.43. The lowest BCUT2D eigenvalue weighted by atomic mass is 10.0. The predicted molar refractivity (Wildman–Crippen MR) is 94.9 cm³/mol. The van der Waals surface area contributed by atoms with Gasteiger partial charge in [-0.1, -0.05) is 73.3 Å². The van der Waals surface area contributed by atoms with Crippen LogP contribution >= 0.6 is 11.8 Å². The summed E-state index contributed by atoms with van der Waals surface area (Å²) in [6.07, 6.45) is 13.2. The molecule has 0 fully saturated rings. The number of hydrogen-bond donors (Lipinski definition) is 0. The van der Waals surface area contributed by atoms with Gasteiger partial charge >= 0.3 is 0 Å². The first-order valence-corrected chi connectivity index (χ1v) is 8.31.